The molecule has 0 radical (unpaired) electrons. The molecule has 0 bridgehead atoms. The third-order valence-corrected chi connectivity index (χ3v) is 7.36. The van der Waals surface area contributed by atoms with Crippen LogP contribution in [-0.2, 0) is 11.3 Å². The van der Waals surface area contributed by atoms with Gasteiger partial charge in [0.2, 0.25) is 0 Å². The van der Waals surface area contributed by atoms with Crippen molar-refractivity contribution in [1.29, 1.82) is 0 Å². The second-order valence-electron chi connectivity index (χ2n) is 10.5. The Morgan fingerprint density at radius 1 is 1.12 bits per heavy atom. The molecule has 1 atom stereocenters. The number of methoxy groups -OCH3 is 2. The second-order valence-corrected chi connectivity index (χ2v) is 11.4. The van der Waals surface area contributed by atoms with Gasteiger partial charge in [0, 0.05) is 29.9 Å². The maximum Gasteiger partial charge on any atom is 0.410 e. The van der Waals surface area contributed by atoms with E-state index >= 15 is 0 Å². The molecule has 4 rings (SSSR count). The van der Waals surface area contributed by atoms with Crippen molar-refractivity contribution in [1.82, 2.24) is 14.9 Å². The van der Waals surface area contributed by atoms with Crippen LogP contribution in [0.3, 0.4) is 0 Å². The fourth-order valence-corrected chi connectivity index (χ4v) is 5.19. The Bertz CT molecular complexity index is 1530. The van der Waals surface area contributed by atoms with E-state index < -0.39 is 5.60 Å². The average Bonchev–Trinajstić information content (AvgIpc) is 3.42. The van der Waals surface area contributed by atoms with Crippen molar-refractivity contribution in [2.75, 3.05) is 26.6 Å². The lowest BCUT2D eigenvalue weighted by molar-refractivity contribution is 0.0285. The Hall–Kier alpha value is -4.11. The molecule has 0 unspecified atom stereocenters. The van der Waals surface area contributed by atoms with Gasteiger partial charge in [-0.3, -0.25) is 0 Å². The van der Waals surface area contributed by atoms with E-state index in [1.807, 2.05) is 51.1 Å². The van der Waals surface area contributed by atoms with Gasteiger partial charge in [0.15, 0.2) is 17.3 Å². The molecule has 0 saturated heterocycles. The fourth-order valence-electron chi connectivity index (χ4n) is 4.27. The van der Waals surface area contributed by atoms with Gasteiger partial charge in [-0.25, -0.2) is 14.8 Å². The number of carbonyl (C=O) groups is 1. The van der Waals surface area contributed by atoms with Gasteiger partial charge >= 0.3 is 6.09 Å². The van der Waals surface area contributed by atoms with Crippen molar-refractivity contribution in [3.63, 3.8) is 0 Å². The molecule has 40 heavy (non-hydrogen) atoms. The molecule has 9 heteroatoms. The summed E-state index contributed by atoms with van der Waals surface area (Å²) in [5.74, 6) is 2.40. The molecule has 0 spiro atoms. The van der Waals surface area contributed by atoms with Crippen LogP contribution in [0.15, 0.2) is 54.4 Å². The van der Waals surface area contributed by atoms with Crippen molar-refractivity contribution in [2.24, 2.45) is 0 Å². The lowest BCUT2D eigenvalue weighted by atomic mass is 10.0. The Morgan fingerprint density at radius 3 is 2.50 bits per heavy atom. The molecule has 0 aliphatic carbocycles. The van der Waals surface area contributed by atoms with E-state index in [4.69, 9.17) is 14.2 Å². The number of thiophene rings is 1. The smallest absolute Gasteiger partial charge is 0.410 e. The predicted molar refractivity (Wildman–Crippen MR) is 162 cm³/mol. The van der Waals surface area contributed by atoms with E-state index in [0.717, 1.165) is 32.5 Å². The molecule has 1 amide bonds. The first-order chi connectivity index (χ1) is 19.0. The third kappa shape index (κ3) is 6.54. The topological polar surface area (TPSA) is 85.8 Å². The average molecular weight is 561 g/mol. The van der Waals surface area contributed by atoms with Crippen molar-refractivity contribution >= 4 is 40.2 Å². The molecule has 2 aromatic heterocycles. The van der Waals surface area contributed by atoms with Gasteiger partial charge in [0.05, 0.1) is 25.8 Å². The van der Waals surface area contributed by atoms with Crippen LogP contribution in [-0.4, -0.2) is 47.8 Å². The lowest BCUT2D eigenvalue weighted by Gasteiger charge is -2.25. The molecule has 8 nitrogen and oxygen atoms in total. The number of amides is 1. The van der Waals surface area contributed by atoms with Gasteiger partial charge in [-0.2, -0.15) is 0 Å². The van der Waals surface area contributed by atoms with Gasteiger partial charge in [-0.15, -0.1) is 11.3 Å². The highest BCUT2D eigenvalue weighted by molar-refractivity contribution is 7.10. The number of carbonyl (C=O) groups excluding carboxylic acids is 1. The number of anilines is 1. The van der Waals surface area contributed by atoms with Gasteiger partial charge < -0.3 is 24.4 Å². The van der Waals surface area contributed by atoms with E-state index in [-0.39, 0.29) is 12.1 Å². The molecular formula is C31H36N4O4S. The van der Waals surface area contributed by atoms with E-state index in [1.165, 1.54) is 0 Å². The van der Waals surface area contributed by atoms with Crippen molar-refractivity contribution in [2.45, 2.75) is 45.9 Å². The van der Waals surface area contributed by atoms with E-state index in [9.17, 15) is 4.79 Å². The van der Waals surface area contributed by atoms with Crippen LogP contribution >= 0.6 is 11.3 Å². The maximum atomic E-state index is 12.6. The van der Waals surface area contributed by atoms with Crippen LogP contribution in [0.4, 0.5) is 10.6 Å². The number of aromatic nitrogens is 2. The van der Waals surface area contributed by atoms with Gasteiger partial charge in [0.25, 0.3) is 0 Å². The number of hydrogen-bond acceptors (Lipinski definition) is 8. The minimum atomic E-state index is -0.547. The van der Waals surface area contributed by atoms with E-state index in [2.05, 4.69) is 46.3 Å². The first kappa shape index (κ1) is 28.9. The molecule has 0 aliphatic rings. The van der Waals surface area contributed by atoms with E-state index in [1.54, 1.807) is 43.6 Å². The van der Waals surface area contributed by atoms with Crippen molar-refractivity contribution < 1.29 is 19.0 Å². The highest BCUT2D eigenvalue weighted by Crippen LogP contribution is 2.37. The summed E-state index contributed by atoms with van der Waals surface area (Å²) < 4.78 is 16.5. The van der Waals surface area contributed by atoms with Crippen LogP contribution in [0.25, 0.3) is 28.1 Å². The number of ether oxygens (including phenoxy) is 3. The zero-order valence-electron chi connectivity index (χ0n) is 24.1. The predicted octanol–water partition coefficient (Wildman–Crippen LogP) is 7.56. The van der Waals surface area contributed by atoms with Gasteiger partial charge in [0.1, 0.15) is 11.4 Å². The minimum Gasteiger partial charge on any atom is -0.493 e. The number of rotatable bonds is 9. The largest absolute Gasteiger partial charge is 0.493 e. The van der Waals surface area contributed by atoms with Gasteiger partial charge in [-0.05, 0) is 68.0 Å². The molecule has 4 aromatic rings. The Balaban J connectivity index is 1.60. The van der Waals surface area contributed by atoms with Gasteiger partial charge in [-0.1, -0.05) is 30.8 Å². The summed E-state index contributed by atoms with van der Waals surface area (Å²) in [5.41, 5.74) is 3.39. The Labute approximate surface area is 239 Å². The molecule has 1 N–H and O–H groups in total. The molecule has 2 heterocycles. The molecule has 0 aliphatic heterocycles. The first-order valence-corrected chi connectivity index (χ1v) is 13.8. The van der Waals surface area contributed by atoms with Crippen molar-refractivity contribution in [3.8, 4) is 22.6 Å². The summed E-state index contributed by atoms with van der Waals surface area (Å²) in [4.78, 5) is 24.6. The highest BCUT2D eigenvalue weighted by atomic mass is 32.1. The summed E-state index contributed by atoms with van der Waals surface area (Å²) in [6, 6.07) is 14.0. The molecule has 0 saturated carbocycles. The number of hydrogen-bond donors (Lipinski definition) is 1. The summed E-state index contributed by atoms with van der Waals surface area (Å²) >= 11 is 1.67. The minimum absolute atomic E-state index is 0.0424. The molecule has 2 aromatic carbocycles. The normalized spacial score (nSPS) is 12.1. The number of benzene rings is 2. The standard InChI is InChI=1S/C31H36N4O4S/c1-9-28-33-24-16-26(38-8)25(37-7)15-23(24)29(34-28)32-19(2)27-14-21(18-40-27)22-13-11-10-12-20(22)17-35(6)30(36)39-31(3,4)5/h9-16,18-19H,1,17H2,2-8H3,(H,32,33,34)/t19-/m1/s1. The molecular weight excluding hydrogens is 524 g/mol. The monoisotopic (exact) mass is 560 g/mol. The second kappa shape index (κ2) is 12.0. The van der Waals surface area contributed by atoms with Crippen LogP contribution in [0.5, 0.6) is 11.5 Å². The summed E-state index contributed by atoms with van der Waals surface area (Å²) in [6.45, 7) is 12.0. The third-order valence-electron chi connectivity index (χ3n) is 6.24. The Kier molecular flexibility index (Phi) is 8.64. The Morgan fingerprint density at radius 2 is 1.82 bits per heavy atom. The van der Waals surface area contributed by atoms with Crippen molar-refractivity contribution in [3.05, 3.63) is 70.7 Å². The fraction of sp³-hybridized carbons (Fsp3) is 0.323. The van der Waals surface area contributed by atoms with E-state index in [0.29, 0.717) is 29.7 Å². The SMILES string of the molecule is C=Cc1nc(N[C@H](C)c2cc(-c3ccccc3CN(C)C(=O)OC(C)(C)C)cs2)c2cc(OC)c(OC)cc2n1. The summed E-state index contributed by atoms with van der Waals surface area (Å²) in [7, 11) is 4.96. The zero-order valence-corrected chi connectivity index (χ0v) is 24.9. The van der Waals surface area contributed by atoms with Crippen LogP contribution < -0.4 is 14.8 Å². The lowest BCUT2D eigenvalue weighted by Crippen LogP contribution is -2.33. The summed E-state index contributed by atoms with van der Waals surface area (Å²) in [5, 5.41) is 6.52. The summed E-state index contributed by atoms with van der Waals surface area (Å²) in [6.07, 6.45) is 1.27. The maximum absolute atomic E-state index is 12.6. The van der Waals surface area contributed by atoms with Crippen LogP contribution in [0, 0.1) is 0 Å². The zero-order chi connectivity index (χ0) is 29.0. The number of nitrogens with zero attached hydrogens (tertiary/aromatic N) is 3. The molecule has 210 valence electrons. The molecule has 0 fully saturated rings. The van der Waals surface area contributed by atoms with Crippen LogP contribution in [0.2, 0.25) is 0 Å². The number of nitrogens with one attached hydrogen (secondary N) is 1. The quantitative estimate of drug-likeness (QED) is 0.226. The first-order valence-electron chi connectivity index (χ1n) is 13.0. The van der Waals surface area contributed by atoms with Crippen LogP contribution in [0.1, 0.15) is 50.0 Å². The number of fused-ring (bicyclic) bond motifs is 1. The highest BCUT2D eigenvalue weighted by Gasteiger charge is 2.21.